The van der Waals surface area contributed by atoms with Crippen LogP contribution < -0.4 is 9.47 Å². The molecule has 0 saturated carbocycles. The summed E-state index contributed by atoms with van der Waals surface area (Å²) in [6.07, 6.45) is 0. The Labute approximate surface area is 207 Å². The second-order valence-electron chi connectivity index (χ2n) is 7.63. The highest BCUT2D eigenvalue weighted by atomic mass is 32.2. The van der Waals surface area contributed by atoms with Crippen molar-refractivity contribution in [2.24, 2.45) is 4.99 Å². The van der Waals surface area contributed by atoms with Gasteiger partial charge in [0.2, 0.25) is 0 Å². The number of ether oxygens (including phenoxy) is 2. The van der Waals surface area contributed by atoms with Gasteiger partial charge in [0, 0.05) is 27.8 Å². The van der Waals surface area contributed by atoms with Crippen molar-refractivity contribution < 1.29 is 9.47 Å². The molecule has 0 amide bonds. The summed E-state index contributed by atoms with van der Waals surface area (Å²) >= 11 is 3.54. The van der Waals surface area contributed by atoms with Gasteiger partial charge in [0.1, 0.15) is 11.5 Å². The van der Waals surface area contributed by atoms with E-state index in [4.69, 9.17) is 14.5 Å². The summed E-state index contributed by atoms with van der Waals surface area (Å²) in [6, 6.07) is 26.2. The van der Waals surface area contributed by atoms with E-state index < -0.39 is 0 Å². The average Bonchev–Trinajstić information content (AvgIpc) is 3.55. The number of aromatic nitrogens is 3. The number of thioether (sulfide) groups is 2. The van der Waals surface area contributed by atoms with Crippen LogP contribution in [0.4, 0.5) is 0 Å². The van der Waals surface area contributed by atoms with Gasteiger partial charge in [-0.25, -0.2) is 0 Å². The minimum absolute atomic E-state index is 0.382. The fourth-order valence-corrected chi connectivity index (χ4v) is 5.89. The number of methoxy groups -OCH3 is 2. The highest BCUT2D eigenvalue weighted by molar-refractivity contribution is 8.16. The molecule has 0 aliphatic carbocycles. The molecule has 1 aliphatic heterocycles. The summed E-state index contributed by atoms with van der Waals surface area (Å²) in [7, 11) is 3.35. The highest BCUT2D eigenvalue weighted by Gasteiger charge is 2.23. The predicted octanol–water partition coefficient (Wildman–Crippen LogP) is 5.61. The van der Waals surface area contributed by atoms with Gasteiger partial charge in [-0.05, 0) is 60.7 Å². The van der Waals surface area contributed by atoms with Gasteiger partial charge >= 0.3 is 0 Å². The van der Waals surface area contributed by atoms with Crippen molar-refractivity contribution in [3.63, 3.8) is 0 Å². The quantitative estimate of drug-likeness (QED) is 0.301. The molecule has 0 radical (unpaired) electrons. The number of para-hydroxylation sites is 1. The van der Waals surface area contributed by atoms with Crippen LogP contribution >= 0.6 is 23.5 Å². The van der Waals surface area contributed by atoms with E-state index in [1.807, 2.05) is 66.4 Å². The van der Waals surface area contributed by atoms with Gasteiger partial charge < -0.3 is 9.47 Å². The second kappa shape index (κ2) is 10.4. The van der Waals surface area contributed by atoms with Crippen molar-refractivity contribution in [2.75, 3.05) is 26.5 Å². The Bertz CT molecular complexity index is 1270. The third-order valence-corrected chi connectivity index (χ3v) is 7.99. The molecular formula is C26H24N4O2S2. The normalized spacial score (nSPS) is 15.2. The van der Waals surface area contributed by atoms with Crippen molar-refractivity contribution in [3.05, 3.63) is 84.4 Å². The van der Waals surface area contributed by atoms with Crippen LogP contribution in [0.15, 0.2) is 89.0 Å². The van der Waals surface area contributed by atoms with E-state index in [0.717, 1.165) is 56.6 Å². The van der Waals surface area contributed by atoms with Crippen molar-refractivity contribution in [1.82, 2.24) is 14.8 Å². The predicted molar refractivity (Wildman–Crippen MR) is 140 cm³/mol. The van der Waals surface area contributed by atoms with Gasteiger partial charge in [-0.2, -0.15) is 0 Å². The van der Waals surface area contributed by atoms with E-state index >= 15 is 0 Å². The van der Waals surface area contributed by atoms with Crippen molar-refractivity contribution in [2.45, 2.75) is 10.4 Å². The lowest BCUT2D eigenvalue weighted by atomic mass is 10.2. The number of benzene rings is 3. The standard InChI is InChI=1S/C26H24N4O2S2/c1-31-21-12-8-18(9-13-21)24-28-29-26(30(24)20-6-4-3-5-7-20)33-17-23-16-27-25(34-23)19-10-14-22(32-2)15-11-19/h3-15,23H,16-17H2,1-2H3. The van der Waals surface area contributed by atoms with Crippen LogP contribution in [-0.4, -0.2) is 51.6 Å². The third kappa shape index (κ3) is 4.83. The molecule has 2 heterocycles. The minimum Gasteiger partial charge on any atom is -0.497 e. The molecule has 34 heavy (non-hydrogen) atoms. The summed E-state index contributed by atoms with van der Waals surface area (Å²) in [5, 5.41) is 11.4. The van der Waals surface area contributed by atoms with E-state index in [9.17, 15) is 0 Å². The third-order valence-electron chi connectivity index (χ3n) is 5.45. The van der Waals surface area contributed by atoms with Gasteiger partial charge in [-0.15, -0.1) is 22.0 Å². The summed E-state index contributed by atoms with van der Waals surface area (Å²) in [4.78, 5) is 4.78. The zero-order valence-corrected chi connectivity index (χ0v) is 20.6. The molecule has 0 saturated heterocycles. The smallest absolute Gasteiger partial charge is 0.196 e. The largest absolute Gasteiger partial charge is 0.497 e. The van der Waals surface area contributed by atoms with Crippen LogP contribution in [0.3, 0.4) is 0 Å². The molecule has 0 fully saturated rings. The first-order valence-corrected chi connectivity index (χ1v) is 12.8. The van der Waals surface area contributed by atoms with Gasteiger partial charge in [0.05, 0.1) is 25.8 Å². The maximum atomic E-state index is 5.31. The Morgan fingerprint density at radius 1 is 0.853 bits per heavy atom. The summed E-state index contributed by atoms with van der Waals surface area (Å²) in [5.41, 5.74) is 3.16. The lowest BCUT2D eigenvalue weighted by Gasteiger charge is -2.12. The summed E-state index contributed by atoms with van der Waals surface area (Å²) in [5.74, 6) is 3.37. The molecule has 1 aliphatic rings. The van der Waals surface area contributed by atoms with Crippen LogP contribution in [-0.2, 0) is 0 Å². The first-order valence-electron chi connectivity index (χ1n) is 10.9. The molecule has 0 spiro atoms. The number of aliphatic imine (C=N–C) groups is 1. The van der Waals surface area contributed by atoms with Gasteiger partial charge in [0.15, 0.2) is 11.0 Å². The van der Waals surface area contributed by atoms with Crippen LogP contribution in [0.2, 0.25) is 0 Å². The number of hydrogen-bond acceptors (Lipinski definition) is 7. The van der Waals surface area contributed by atoms with Gasteiger partial charge in [0.25, 0.3) is 0 Å². The van der Waals surface area contributed by atoms with E-state index in [0.29, 0.717) is 5.25 Å². The molecule has 1 aromatic heterocycles. The van der Waals surface area contributed by atoms with Crippen LogP contribution in [0.5, 0.6) is 11.5 Å². The molecular weight excluding hydrogens is 464 g/mol. The number of rotatable bonds is 8. The second-order valence-corrected chi connectivity index (χ2v) is 9.91. The minimum atomic E-state index is 0.382. The van der Waals surface area contributed by atoms with Crippen LogP contribution in [0, 0.1) is 0 Å². The molecule has 8 heteroatoms. The maximum Gasteiger partial charge on any atom is 0.196 e. The van der Waals surface area contributed by atoms with Crippen LogP contribution in [0.25, 0.3) is 17.1 Å². The molecule has 0 N–H and O–H groups in total. The summed E-state index contributed by atoms with van der Waals surface area (Å²) in [6.45, 7) is 0.795. The number of hydrogen-bond donors (Lipinski definition) is 0. The van der Waals surface area contributed by atoms with E-state index in [-0.39, 0.29) is 0 Å². The zero-order valence-electron chi connectivity index (χ0n) is 18.9. The topological polar surface area (TPSA) is 61.5 Å². The molecule has 1 atom stereocenters. The van der Waals surface area contributed by atoms with E-state index in [2.05, 4.69) is 39.0 Å². The molecule has 172 valence electrons. The molecule has 0 bridgehead atoms. The van der Waals surface area contributed by atoms with Crippen LogP contribution in [0.1, 0.15) is 5.56 Å². The van der Waals surface area contributed by atoms with Gasteiger partial charge in [-0.3, -0.25) is 9.56 Å². The highest BCUT2D eigenvalue weighted by Crippen LogP contribution is 2.33. The summed E-state index contributed by atoms with van der Waals surface area (Å²) < 4.78 is 12.7. The fraction of sp³-hybridized carbons (Fsp3) is 0.192. The van der Waals surface area contributed by atoms with E-state index in [1.165, 1.54) is 0 Å². The Kier molecular flexibility index (Phi) is 6.87. The van der Waals surface area contributed by atoms with E-state index in [1.54, 1.807) is 26.0 Å². The molecule has 3 aromatic carbocycles. The zero-order chi connectivity index (χ0) is 23.3. The average molecular weight is 489 g/mol. The SMILES string of the molecule is COc1ccc(C2=NCC(CSc3nnc(-c4ccc(OC)cc4)n3-c3ccccc3)S2)cc1. The lowest BCUT2D eigenvalue weighted by Crippen LogP contribution is -2.08. The Morgan fingerprint density at radius 3 is 2.15 bits per heavy atom. The Balaban J connectivity index is 1.33. The number of nitrogens with zero attached hydrogens (tertiary/aromatic N) is 4. The molecule has 5 rings (SSSR count). The van der Waals surface area contributed by atoms with Gasteiger partial charge in [-0.1, -0.05) is 30.0 Å². The molecule has 6 nitrogen and oxygen atoms in total. The van der Waals surface area contributed by atoms with Crippen molar-refractivity contribution in [1.29, 1.82) is 0 Å². The maximum absolute atomic E-state index is 5.31. The monoisotopic (exact) mass is 488 g/mol. The molecule has 1 unspecified atom stereocenters. The first kappa shape index (κ1) is 22.6. The van der Waals surface area contributed by atoms with Crippen molar-refractivity contribution in [3.8, 4) is 28.6 Å². The Hall–Kier alpha value is -3.23. The molecule has 4 aromatic rings. The first-order chi connectivity index (χ1) is 16.7. The fourth-order valence-electron chi connectivity index (χ4n) is 3.66. The lowest BCUT2D eigenvalue weighted by molar-refractivity contribution is 0.414. The Morgan fingerprint density at radius 2 is 1.50 bits per heavy atom. The van der Waals surface area contributed by atoms with Crippen molar-refractivity contribution >= 4 is 28.6 Å².